The maximum absolute atomic E-state index is 12.0. The predicted octanol–water partition coefficient (Wildman–Crippen LogP) is 1.22. The van der Waals surface area contributed by atoms with Crippen LogP contribution in [-0.4, -0.2) is 74.4 Å². The Bertz CT molecular complexity index is 388. The Morgan fingerprint density at radius 3 is 2.64 bits per heavy atom. The van der Waals surface area contributed by atoms with E-state index in [2.05, 4.69) is 15.0 Å². The number of hydrogen-bond acceptors (Lipinski definition) is 4. The van der Waals surface area contributed by atoms with Crippen LogP contribution in [0.3, 0.4) is 0 Å². The van der Waals surface area contributed by atoms with E-state index in [0.717, 1.165) is 12.8 Å². The Kier molecular flexibility index (Phi) is 6.92. The first-order chi connectivity index (χ1) is 10.2. The third kappa shape index (κ3) is 6.97. The van der Waals surface area contributed by atoms with Crippen LogP contribution in [-0.2, 0) is 9.53 Å². The molecule has 2 amide bonds. The van der Waals surface area contributed by atoms with E-state index >= 15 is 0 Å². The summed E-state index contributed by atoms with van der Waals surface area (Å²) < 4.78 is 39.5. The van der Waals surface area contributed by atoms with Gasteiger partial charge in [-0.3, -0.25) is 4.79 Å². The number of carbonyl (C=O) groups excluding carboxylic acids is 2. The molecule has 6 nitrogen and oxygen atoms in total. The van der Waals surface area contributed by atoms with Gasteiger partial charge in [0.2, 0.25) is 5.91 Å². The van der Waals surface area contributed by atoms with Gasteiger partial charge in [-0.25, -0.2) is 4.79 Å². The number of alkyl carbamates (subject to hydrolysis) is 1. The average Bonchev–Trinajstić information content (AvgIpc) is 2.44. The highest BCUT2D eigenvalue weighted by Crippen LogP contribution is 2.15. The highest BCUT2D eigenvalue weighted by molar-refractivity contribution is 5.77. The maximum Gasteiger partial charge on any atom is 0.422 e. The van der Waals surface area contributed by atoms with Gasteiger partial charge in [0.1, 0.15) is 0 Å². The van der Waals surface area contributed by atoms with Crippen molar-refractivity contribution in [3.63, 3.8) is 0 Å². The topological polar surface area (TPSA) is 61.9 Å². The molecule has 0 saturated carbocycles. The molecule has 22 heavy (non-hydrogen) atoms. The Morgan fingerprint density at radius 1 is 1.36 bits per heavy atom. The molecule has 0 aliphatic carbocycles. The number of hydrogen-bond donors (Lipinski definition) is 1. The minimum Gasteiger partial charge on any atom is -0.440 e. The fourth-order valence-corrected chi connectivity index (χ4v) is 2.23. The molecule has 1 aliphatic rings. The number of halogens is 3. The lowest BCUT2D eigenvalue weighted by atomic mass is 10.0. The SMILES string of the molecule is CN(C)[C@H]1CCCN(C(=O)CCNC(=O)OCC(F)(F)F)C1. The molecule has 128 valence electrons. The number of nitrogens with zero attached hydrogens (tertiary/aromatic N) is 2. The zero-order valence-electron chi connectivity index (χ0n) is 12.8. The van der Waals surface area contributed by atoms with E-state index in [9.17, 15) is 22.8 Å². The van der Waals surface area contributed by atoms with Crippen LogP contribution >= 0.6 is 0 Å². The number of rotatable bonds is 5. The van der Waals surface area contributed by atoms with Gasteiger partial charge >= 0.3 is 12.3 Å². The average molecular weight is 325 g/mol. The third-order valence-corrected chi connectivity index (χ3v) is 3.45. The van der Waals surface area contributed by atoms with Gasteiger partial charge in [-0.1, -0.05) is 0 Å². The van der Waals surface area contributed by atoms with Gasteiger partial charge in [-0.05, 0) is 26.9 Å². The lowest BCUT2D eigenvalue weighted by molar-refractivity contribution is -0.160. The molecule has 9 heteroatoms. The lowest BCUT2D eigenvalue weighted by Gasteiger charge is -2.36. The van der Waals surface area contributed by atoms with Crippen molar-refractivity contribution in [1.29, 1.82) is 0 Å². The predicted molar refractivity (Wildman–Crippen MR) is 73.3 cm³/mol. The van der Waals surface area contributed by atoms with Crippen LogP contribution in [0.5, 0.6) is 0 Å². The molecule has 1 saturated heterocycles. The van der Waals surface area contributed by atoms with Crippen LogP contribution in [0.25, 0.3) is 0 Å². The quantitative estimate of drug-likeness (QED) is 0.825. The normalized spacial score (nSPS) is 19.2. The van der Waals surface area contributed by atoms with Gasteiger partial charge in [-0.2, -0.15) is 13.2 Å². The van der Waals surface area contributed by atoms with Crippen molar-refractivity contribution in [1.82, 2.24) is 15.1 Å². The molecular weight excluding hydrogens is 303 g/mol. The summed E-state index contributed by atoms with van der Waals surface area (Å²) in [5.41, 5.74) is 0. The number of alkyl halides is 3. The highest BCUT2D eigenvalue weighted by atomic mass is 19.4. The van der Waals surface area contributed by atoms with Crippen molar-refractivity contribution in [2.24, 2.45) is 0 Å². The monoisotopic (exact) mass is 325 g/mol. The van der Waals surface area contributed by atoms with Crippen molar-refractivity contribution in [2.75, 3.05) is 40.3 Å². The maximum atomic E-state index is 12.0. The van der Waals surface area contributed by atoms with Crippen molar-refractivity contribution in [2.45, 2.75) is 31.5 Å². The molecule has 0 unspecified atom stereocenters. The number of ether oxygens (including phenoxy) is 1. The summed E-state index contributed by atoms with van der Waals surface area (Å²) in [7, 11) is 3.91. The molecule has 0 radical (unpaired) electrons. The summed E-state index contributed by atoms with van der Waals surface area (Å²) in [4.78, 5) is 26.8. The summed E-state index contributed by atoms with van der Waals surface area (Å²) in [6, 6.07) is 0.308. The smallest absolute Gasteiger partial charge is 0.422 e. The van der Waals surface area contributed by atoms with E-state index in [-0.39, 0.29) is 18.9 Å². The fraction of sp³-hybridized carbons (Fsp3) is 0.846. The van der Waals surface area contributed by atoms with Crippen LogP contribution < -0.4 is 5.32 Å². The minimum atomic E-state index is -4.55. The van der Waals surface area contributed by atoms with Gasteiger partial charge < -0.3 is 19.9 Å². The Morgan fingerprint density at radius 2 is 2.05 bits per heavy atom. The van der Waals surface area contributed by atoms with Crippen LogP contribution in [0, 0.1) is 0 Å². The first kappa shape index (κ1) is 18.5. The molecule has 0 aromatic carbocycles. The van der Waals surface area contributed by atoms with Gasteiger partial charge in [0, 0.05) is 32.1 Å². The zero-order chi connectivity index (χ0) is 16.8. The van der Waals surface area contributed by atoms with E-state index in [1.54, 1.807) is 4.90 Å². The van der Waals surface area contributed by atoms with E-state index in [1.165, 1.54) is 0 Å². The molecule has 1 fully saturated rings. The second-order valence-corrected chi connectivity index (χ2v) is 5.47. The first-order valence-corrected chi connectivity index (χ1v) is 7.10. The number of carbonyl (C=O) groups is 2. The highest BCUT2D eigenvalue weighted by Gasteiger charge is 2.29. The standard InChI is InChI=1S/C13H22F3N3O3/c1-18(2)10-4-3-7-19(8-10)11(20)5-6-17-12(21)22-9-13(14,15)16/h10H,3-9H2,1-2H3,(H,17,21)/t10-/m0/s1. The number of piperidine rings is 1. The number of nitrogens with one attached hydrogen (secondary N) is 1. The second kappa shape index (κ2) is 8.21. The molecule has 0 aromatic rings. The number of amides is 2. The van der Waals surface area contributed by atoms with Crippen molar-refractivity contribution < 1.29 is 27.5 Å². The first-order valence-electron chi connectivity index (χ1n) is 7.10. The Hall–Kier alpha value is -1.51. The molecule has 1 heterocycles. The third-order valence-electron chi connectivity index (χ3n) is 3.45. The van der Waals surface area contributed by atoms with Crippen LogP contribution in [0.1, 0.15) is 19.3 Å². The zero-order valence-corrected chi connectivity index (χ0v) is 12.8. The summed E-state index contributed by atoms with van der Waals surface area (Å²) in [6.45, 7) is -0.381. The van der Waals surface area contributed by atoms with E-state index in [4.69, 9.17) is 0 Å². The van der Waals surface area contributed by atoms with E-state index in [0.29, 0.717) is 19.1 Å². The molecular formula is C13H22F3N3O3. The molecule has 0 spiro atoms. The summed E-state index contributed by atoms with van der Waals surface area (Å²) in [5, 5.41) is 2.14. The Balaban J connectivity index is 2.24. The van der Waals surface area contributed by atoms with Crippen molar-refractivity contribution in [3.8, 4) is 0 Å². The number of likely N-dealkylation sites (tertiary alicyclic amines) is 1. The Labute approximate surface area is 127 Å². The summed E-state index contributed by atoms with van der Waals surface area (Å²) in [6.07, 6.45) is -3.74. The summed E-state index contributed by atoms with van der Waals surface area (Å²) in [5.74, 6) is -0.123. The summed E-state index contributed by atoms with van der Waals surface area (Å²) >= 11 is 0. The molecule has 1 N–H and O–H groups in total. The fourth-order valence-electron chi connectivity index (χ4n) is 2.23. The van der Waals surface area contributed by atoms with Crippen molar-refractivity contribution >= 4 is 12.0 Å². The lowest BCUT2D eigenvalue weighted by Crippen LogP contribution is -2.48. The van der Waals surface area contributed by atoms with Crippen LogP contribution in [0.15, 0.2) is 0 Å². The minimum absolute atomic E-state index is 0.0429. The van der Waals surface area contributed by atoms with Gasteiger partial charge in [0.25, 0.3) is 0 Å². The molecule has 1 rings (SSSR count). The second-order valence-electron chi connectivity index (χ2n) is 5.47. The van der Waals surface area contributed by atoms with Gasteiger partial charge in [-0.15, -0.1) is 0 Å². The molecule has 1 atom stereocenters. The van der Waals surface area contributed by atoms with Gasteiger partial charge in [0.15, 0.2) is 6.61 Å². The van der Waals surface area contributed by atoms with Gasteiger partial charge in [0.05, 0.1) is 0 Å². The van der Waals surface area contributed by atoms with E-state index in [1.807, 2.05) is 14.1 Å². The molecule has 0 bridgehead atoms. The molecule has 0 aromatic heterocycles. The van der Waals surface area contributed by atoms with Crippen molar-refractivity contribution in [3.05, 3.63) is 0 Å². The van der Waals surface area contributed by atoms with Crippen LogP contribution in [0.2, 0.25) is 0 Å². The largest absolute Gasteiger partial charge is 0.440 e. The van der Waals surface area contributed by atoms with E-state index < -0.39 is 18.9 Å². The number of likely N-dealkylation sites (N-methyl/N-ethyl adjacent to an activating group) is 1. The van der Waals surface area contributed by atoms with Crippen LogP contribution in [0.4, 0.5) is 18.0 Å². The molecule has 1 aliphatic heterocycles.